The highest BCUT2D eigenvalue weighted by Gasteiger charge is 2.33. The number of benzene rings is 1. The summed E-state index contributed by atoms with van der Waals surface area (Å²) >= 11 is 6.04. The molecular formula is C12H11ClF3N7. The molecule has 11 heteroatoms. The monoisotopic (exact) mass is 345 g/mol. The zero-order valence-corrected chi connectivity index (χ0v) is 12.2. The van der Waals surface area contributed by atoms with E-state index in [0.717, 1.165) is 16.9 Å². The van der Waals surface area contributed by atoms with Crippen molar-refractivity contribution >= 4 is 29.2 Å². The highest BCUT2D eigenvalue weighted by molar-refractivity contribution is 6.32. The largest absolute Gasteiger partial charge is 0.435 e. The number of nitrogens with zero attached hydrogens (tertiary/aromatic N) is 4. The van der Waals surface area contributed by atoms with Gasteiger partial charge < -0.3 is 17.2 Å². The molecule has 2 rings (SSSR count). The third-order valence-corrected chi connectivity index (χ3v) is 2.85. The molecule has 0 atom stereocenters. The number of rotatable bonds is 2. The highest BCUT2D eigenvalue weighted by Crippen LogP contribution is 2.30. The van der Waals surface area contributed by atoms with Crippen LogP contribution in [-0.4, -0.2) is 21.7 Å². The first-order valence-corrected chi connectivity index (χ1v) is 6.41. The number of aliphatic imine (C=N–C) groups is 2. The molecule has 23 heavy (non-hydrogen) atoms. The lowest BCUT2D eigenvalue weighted by Crippen LogP contribution is -2.26. The van der Waals surface area contributed by atoms with Gasteiger partial charge in [-0.15, -0.1) is 0 Å². The van der Waals surface area contributed by atoms with Crippen molar-refractivity contribution in [3.63, 3.8) is 0 Å². The molecule has 0 radical (unpaired) electrons. The Morgan fingerprint density at radius 2 is 1.87 bits per heavy atom. The van der Waals surface area contributed by atoms with Gasteiger partial charge in [0.15, 0.2) is 11.7 Å². The van der Waals surface area contributed by atoms with Crippen LogP contribution in [0.4, 0.5) is 18.9 Å². The molecule has 0 amide bonds. The fraction of sp³-hybridized carbons (Fsp3) is 0.0833. The second kappa shape index (κ2) is 6.16. The number of alkyl halides is 3. The van der Waals surface area contributed by atoms with E-state index in [-0.39, 0.29) is 22.6 Å². The first kappa shape index (κ1) is 16.6. The number of halogens is 4. The molecule has 1 heterocycles. The average molecular weight is 346 g/mol. The van der Waals surface area contributed by atoms with E-state index >= 15 is 0 Å². The van der Waals surface area contributed by atoms with Gasteiger partial charge in [-0.3, -0.25) is 0 Å². The van der Waals surface area contributed by atoms with E-state index in [1.807, 2.05) is 0 Å². The topological polar surface area (TPSA) is 121 Å². The molecule has 7 nitrogen and oxygen atoms in total. The van der Waals surface area contributed by atoms with E-state index < -0.39 is 11.9 Å². The lowest BCUT2D eigenvalue weighted by atomic mass is 10.3. The van der Waals surface area contributed by atoms with Crippen molar-refractivity contribution in [2.24, 2.45) is 27.2 Å². The highest BCUT2D eigenvalue weighted by atomic mass is 35.5. The number of hydrogen-bond acceptors (Lipinski definition) is 2. The quantitative estimate of drug-likeness (QED) is 0.567. The van der Waals surface area contributed by atoms with Crippen molar-refractivity contribution < 1.29 is 13.2 Å². The zero-order valence-electron chi connectivity index (χ0n) is 11.4. The summed E-state index contributed by atoms with van der Waals surface area (Å²) in [6.45, 7) is 0. The third-order valence-electron chi connectivity index (χ3n) is 2.54. The van der Waals surface area contributed by atoms with E-state index in [4.69, 9.17) is 28.8 Å². The summed E-state index contributed by atoms with van der Waals surface area (Å²) in [4.78, 5) is 7.42. The lowest BCUT2D eigenvalue weighted by molar-refractivity contribution is -0.141. The summed E-state index contributed by atoms with van der Waals surface area (Å²) in [7, 11) is 0. The van der Waals surface area contributed by atoms with Crippen molar-refractivity contribution in [3.05, 3.63) is 41.2 Å². The van der Waals surface area contributed by atoms with E-state index in [9.17, 15) is 13.2 Å². The van der Waals surface area contributed by atoms with Gasteiger partial charge in [-0.2, -0.15) is 23.3 Å². The molecule has 6 N–H and O–H groups in total. The van der Waals surface area contributed by atoms with Crippen LogP contribution in [0, 0.1) is 0 Å². The minimum absolute atomic E-state index is 0.126. The van der Waals surface area contributed by atoms with Crippen LogP contribution in [0.5, 0.6) is 0 Å². The second-order valence-electron chi connectivity index (χ2n) is 4.29. The lowest BCUT2D eigenvalue weighted by Gasteiger charge is -2.06. The first-order valence-electron chi connectivity index (χ1n) is 6.03. The number of guanidine groups is 2. The van der Waals surface area contributed by atoms with Crippen LogP contribution >= 0.6 is 11.6 Å². The van der Waals surface area contributed by atoms with Crippen molar-refractivity contribution in [1.82, 2.24) is 9.78 Å². The maximum atomic E-state index is 12.6. The Hall–Kier alpha value is -2.75. The molecule has 0 saturated carbocycles. The molecule has 0 unspecified atom stereocenters. The van der Waals surface area contributed by atoms with E-state index in [2.05, 4.69) is 15.1 Å². The van der Waals surface area contributed by atoms with Crippen molar-refractivity contribution in [2.75, 3.05) is 0 Å². The smallest absolute Gasteiger partial charge is 0.370 e. The molecule has 0 fully saturated rings. The number of nitrogens with two attached hydrogens (primary N) is 3. The molecule has 0 aliphatic rings. The summed E-state index contributed by atoms with van der Waals surface area (Å²) in [5, 5.41) is 3.56. The van der Waals surface area contributed by atoms with E-state index in [0.29, 0.717) is 5.69 Å². The Bertz CT molecular complexity index is 775. The first-order chi connectivity index (χ1) is 10.7. The minimum Gasteiger partial charge on any atom is -0.370 e. The van der Waals surface area contributed by atoms with Gasteiger partial charge in [0.2, 0.25) is 5.96 Å². The van der Waals surface area contributed by atoms with Gasteiger partial charge in [0.25, 0.3) is 0 Å². The Kier molecular flexibility index (Phi) is 4.45. The van der Waals surface area contributed by atoms with Crippen LogP contribution in [-0.2, 0) is 6.18 Å². The third kappa shape index (κ3) is 4.13. The molecule has 1 aromatic carbocycles. The van der Waals surface area contributed by atoms with Crippen LogP contribution in [0.25, 0.3) is 5.69 Å². The summed E-state index contributed by atoms with van der Waals surface area (Å²) < 4.78 is 38.7. The van der Waals surface area contributed by atoms with Gasteiger partial charge in [0.05, 0.1) is 16.4 Å². The molecular weight excluding hydrogens is 335 g/mol. The summed E-state index contributed by atoms with van der Waals surface area (Å²) in [6.07, 6.45) is -3.38. The van der Waals surface area contributed by atoms with Crippen LogP contribution < -0.4 is 17.2 Å². The normalized spacial score (nSPS) is 12.3. The van der Waals surface area contributed by atoms with Gasteiger partial charge in [0, 0.05) is 6.20 Å². The average Bonchev–Trinajstić information content (AvgIpc) is 2.86. The number of aromatic nitrogens is 2. The molecule has 0 aliphatic carbocycles. The van der Waals surface area contributed by atoms with Gasteiger partial charge in [-0.1, -0.05) is 11.6 Å². The molecule has 0 saturated heterocycles. The minimum atomic E-state index is -4.53. The van der Waals surface area contributed by atoms with Crippen molar-refractivity contribution in [1.29, 1.82) is 0 Å². The Balaban J connectivity index is 2.33. The predicted octanol–water partition coefficient (Wildman–Crippen LogP) is 1.76. The molecule has 0 bridgehead atoms. The summed E-state index contributed by atoms with van der Waals surface area (Å²) in [6, 6.07) is 5.16. The van der Waals surface area contributed by atoms with Gasteiger partial charge in [0.1, 0.15) is 0 Å². The van der Waals surface area contributed by atoms with Crippen molar-refractivity contribution in [3.8, 4) is 5.69 Å². The standard InChI is InChI=1S/C12H11ClF3N7/c13-7-5-6(20-11(19)21-10(17)18)1-2-8(7)23-4-3-9(22-23)12(14,15)16/h1-5H,(H6,17,18,19,20,21). The fourth-order valence-electron chi connectivity index (χ4n) is 1.65. The molecule has 2 aromatic rings. The Morgan fingerprint density at radius 1 is 1.17 bits per heavy atom. The van der Waals surface area contributed by atoms with Crippen LogP contribution in [0.15, 0.2) is 40.4 Å². The zero-order chi connectivity index (χ0) is 17.2. The van der Waals surface area contributed by atoms with E-state index in [1.165, 1.54) is 18.2 Å². The van der Waals surface area contributed by atoms with Crippen LogP contribution in [0.1, 0.15) is 5.69 Å². The fourth-order valence-corrected chi connectivity index (χ4v) is 1.91. The maximum Gasteiger partial charge on any atom is 0.435 e. The molecule has 1 aromatic heterocycles. The SMILES string of the molecule is NC(N)=NC(N)=Nc1ccc(-n2ccc(C(F)(F)F)n2)c(Cl)c1. The molecule has 0 aliphatic heterocycles. The maximum absolute atomic E-state index is 12.6. The van der Waals surface area contributed by atoms with Gasteiger partial charge >= 0.3 is 6.18 Å². The predicted molar refractivity (Wildman–Crippen MR) is 80.7 cm³/mol. The Labute approximate surface area is 133 Å². The van der Waals surface area contributed by atoms with Crippen molar-refractivity contribution in [2.45, 2.75) is 6.18 Å². The summed E-state index contributed by atoms with van der Waals surface area (Å²) in [5.74, 6) is -0.447. The van der Waals surface area contributed by atoms with Crippen LogP contribution in [0.3, 0.4) is 0 Å². The van der Waals surface area contributed by atoms with Gasteiger partial charge in [-0.05, 0) is 24.3 Å². The second-order valence-corrected chi connectivity index (χ2v) is 4.69. The molecule has 0 spiro atoms. The summed E-state index contributed by atoms with van der Waals surface area (Å²) in [5.41, 5.74) is 15.3. The van der Waals surface area contributed by atoms with Gasteiger partial charge in [-0.25, -0.2) is 9.67 Å². The number of hydrogen-bond donors (Lipinski definition) is 3. The van der Waals surface area contributed by atoms with Crippen LogP contribution in [0.2, 0.25) is 5.02 Å². The Morgan fingerprint density at radius 3 is 2.39 bits per heavy atom. The van der Waals surface area contributed by atoms with E-state index in [1.54, 1.807) is 0 Å². The molecule has 122 valence electrons.